The molecule has 1 saturated carbocycles. The summed E-state index contributed by atoms with van der Waals surface area (Å²) in [6.45, 7) is 5.22. The van der Waals surface area contributed by atoms with Gasteiger partial charge in [0.15, 0.2) is 0 Å². The fraction of sp³-hybridized carbons (Fsp3) is 0.478. The van der Waals surface area contributed by atoms with E-state index < -0.39 is 0 Å². The van der Waals surface area contributed by atoms with Gasteiger partial charge in [0.25, 0.3) is 0 Å². The second-order valence-corrected chi connectivity index (χ2v) is 8.39. The van der Waals surface area contributed by atoms with Crippen LogP contribution in [-0.2, 0) is 13.1 Å². The normalized spacial score (nSPS) is 20.2. The van der Waals surface area contributed by atoms with E-state index in [4.69, 9.17) is 17.3 Å². The molecule has 0 aliphatic heterocycles. The van der Waals surface area contributed by atoms with Gasteiger partial charge in [-0.2, -0.15) is 0 Å². The Hall–Kier alpha value is -1.42. The third-order valence-electron chi connectivity index (χ3n) is 5.75. The largest absolute Gasteiger partial charge is 0.330 e. The number of rotatable bonds is 7. The zero-order valence-electron chi connectivity index (χ0n) is 16.1. The molecule has 3 rings (SSSR count). The molecule has 0 amide bonds. The highest BCUT2D eigenvalue weighted by Gasteiger charge is 2.23. The van der Waals surface area contributed by atoms with Crippen LogP contribution >= 0.6 is 11.6 Å². The molecule has 2 aromatic carbocycles. The van der Waals surface area contributed by atoms with E-state index in [9.17, 15) is 4.39 Å². The van der Waals surface area contributed by atoms with Crippen molar-refractivity contribution in [1.82, 2.24) is 4.90 Å². The quantitative estimate of drug-likeness (QED) is 0.673. The topological polar surface area (TPSA) is 29.3 Å². The molecule has 1 aliphatic carbocycles. The van der Waals surface area contributed by atoms with Crippen LogP contribution in [0.3, 0.4) is 0 Å². The summed E-state index contributed by atoms with van der Waals surface area (Å²) in [5.74, 6) is 1.10. The maximum atomic E-state index is 14.4. The second kappa shape index (κ2) is 9.68. The van der Waals surface area contributed by atoms with Gasteiger partial charge in [-0.15, -0.1) is 0 Å². The standard InChI is InChI=1S/C23H30ClFN2/c1-17-4-2-5-20(12-17)15-27(14-19-10-8-18(13-26)9-11-19)16-21-22(24)6-3-7-23(21)25/h2-7,12,18-19H,8-11,13-16,26H2,1H3. The van der Waals surface area contributed by atoms with E-state index in [0.29, 0.717) is 29.0 Å². The van der Waals surface area contributed by atoms with Gasteiger partial charge in [-0.05, 0) is 68.7 Å². The Bertz CT molecular complexity index is 721. The molecule has 0 heterocycles. The summed E-state index contributed by atoms with van der Waals surface area (Å²) in [5.41, 5.74) is 8.95. The van der Waals surface area contributed by atoms with Crippen LogP contribution < -0.4 is 5.73 Å². The van der Waals surface area contributed by atoms with E-state index in [1.807, 2.05) is 0 Å². The molecule has 0 saturated heterocycles. The highest BCUT2D eigenvalue weighted by molar-refractivity contribution is 6.31. The fourth-order valence-electron chi connectivity index (χ4n) is 4.18. The van der Waals surface area contributed by atoms with Gasteiger partial charge in [0.2, 0.25) is 0 Å². The molecule has 1 fully saturated rings. The minimum absolute atomic E-state index is 0.219. The number of hydrogen-bond acceptors (Lipinski definition) is 2. The van der Waals surface area contributed by atoms with Crippen molar-refractivity contribution in [3.05, 3.63) is 70.0 Å². The summed E-state index contributed by atoms with van der Waals surface area (Å²) >= 11 is 6.30. The molecule has 4 heteroatoms. The minimum Gasteiger partial charge on any atom is -0.330 e. The van der Waals surface area contributed by atoms with Crippen LogP contribution in [0, 0.1) is 24.6 Å². The summed E-state index contributed by atoms with van der Waals surface area (Å²) in [4.78, 5) is 2.35. The molecule has 0 atom stereocenters. The predicted octanol–water partition coefficient (Wildman–Crippen LogP) is 5.55. The molecular formula is C23H30ClFN2. The summed E-state index contributed by atoms with van der Waals surface area (Å²) < 4.78 is 14.4. The lowest BCUT2D eigenvalue weighted by Crippen LogP contribution is -2.32. The van der Waals surface area contributed by atoms with Crippen LogP contribution in [0.1, 0.15) is 42.4 Å². The molecule has 146 valence electrons. The third-order valence-corrected chi connectivity index (χ3v) is 6.10. The van der Waals surface area contributed by atoms with Crippen LogP contribution in [0.5, 0.6) is 0 Å². The number of nitrogens with two attached hydrogens (primary N) is 1. The van der Waals surface area contributed by atoms with Crippen molar-refractivity contribution in [3.8, 4) is 0 Å². The zero-order chi connectivity index (χ0) is 19.2. The summed E-state index contributed by atoms with van der Waals surface area (Å²) in [5, 5.41) is 0.510. The molecule has 1 aliphatic rings. The van der Waals surface area contributed by atoms with E-state index >= 15 is 0 Å². The number of aryl methyl sites for hydroxylation is 1. The van der Waals surface area contributed by atoms with Gasteiger partial charge in [0, 0.05) is 30.2 Å². The first-order chi connectivity index (χ1) is 13.0. The van der Waals surface area contributed by atoms with E-state index in [0.717, 1.165) is 19.6 Å². The number of halogens is 2. The maximum absolute atomic E-state index is 14.4. The van der Waals surface area contributed by atoms with Gasteiger partial charge in [-0.25, -0.2) is 4.39 Å². The van der Waals surface area contributed by atoms with Gasteiger partial charge in [-0.1, -0.05) is 47.5 Å². The zero-order valence-corrected chi connectivity index (χ0v) is 16.9. The van der Waals surface area contributed by atoms with Gasteiger partial charge in [0.05, 0.1) is 0 Å². The van der Waals surface area contributed by atoms with Crippen molar-refractivity contribution in [1.29, 1.82) is 0 Å². The molecular weight excluding hydrogens is 359 g/mol. The highest BCUT2D eigenvalue weighted by Crippen LogP contribution is 2.30. The lowest BCUT2D eigenvalue weighted by molar-refractivity contribution is 0.168. The van der Waals surface area contributed by atoms with E-state index in [1.54, 1.807) is 12.1 Å². The van der Waals surface area contributed by atoms with Gasteiger partial charge in [-0.3, -0.25) is 4.90 Å². The summed E-state index contributed by atoms with van der Waals surface area (Å²) in [6, 6.07) is 13.5. The Morgan fingerprint density at radius 3 is 2.41 bits per heavy atom. The second-order valence-electron chi connectivity index (χ2n) is 7.98. The fourth-order valence-corrected chi connectivity index (χ4v) is 4.40. The number of benzene rings is 2. The van der Waals surface area contributed by atoms with Crippen molar-refractivity contribution >= 4 is 11.6 Å². The van der Waals surface area contributed by atoms with Crippen LogP contribution in [0.15, 0.2) is 42.5 Å². The van der Waals surface area contributed by atoms with Gasteiger partial charge < -0.3 is 5.73 Å². The summed E-state index contributed by atoms with van der Waals surface area (Å²) in [7, 11) is 0. The average Bonchev–Trinajstić information content (AvgIpc) is 2.65. The van der Waals surface area contributed by atoms with Crippen molar-refractivity contribution in [2.24, 2.45) is 17.6 Å². The first-order valence-corrected chi connectivity index (χ1v) is 10.3. The van der Waals surface area contributed by atoms with Gasteiger partial charge in [0.1, 0.15) is 5.82 Å². The molecule has 0 unspecified atom stereocenters. The molecule has 0 spiro atoms. The maximum Gasteiger partial charge on any atom is 0.129 e. The lowest BCUT2D eigenvalue weighted by atomic mass is 9.82. The van der Waals surface area contributed by atoms with Gasteiger partial charge >= 0.3 is 0 Å². The van der Waals surface area contributed by atoms with E-state index in [-0.39, 0.29) is 5.82 Å². The van der Waals surface area contributed by atoms with Crippen LogP contribution in [0.25, 0.3) is 0 Å². The van der Waals surface area contributed by atoms with Crippen LogP contribution in [0.4, 0.5) is 4.39 Å². The van der Waals surface area contributed by atoms with Crippen LogP contribution in [-0.4, -0.2) is 18.0 Å². The Morgan fingerprint density at radius 2 is 1.74 bits per heavy atom. The van der Waals surface area contributed by atoms with Crippen LogP contribution in [0.2, 0.25) is 5.02 Å². The van der Waals surface area contributed by atoms with E-state index in [1.165, 1.54) is 42.9 Å². The molecule has 2 nitrogen and oxygen atoms in total. The monoisotopic (exact) mass is 388 g/mol. The summed E-state index contributed by atoms with van der Waals surface area (Å²) in [6.07, 6.45) is 4.83. The number of nitrogens with zero attached hydrogens (tertiary/aromatic N) is 1. The molecule has 2 aromatic rings. The Morgan fingerprint density at radius 1 is 1.04 bits per heavy atom. The van der Waals surface area contributed by atoms with E-state index in [2.05, 4.69) is 36.1 Å². The first kappa shape index (κ1) is 20.3. The van der Waals surface area contributed by atoms with Crippen molar-refractivity contribution in [2.75, 3.05) is 13.1 Å². The molecule has 0 bridgehead atoms. The molecule has 0 radical (unpaired) electrons. The minimum atomic E-state index is -0.219. The molecule has 0 aromatic heterocycles. The van der Waals surface area contributed by atoms with Crippen molar-refractivity contribution in [3.63, 3.8) is 0 Å². The smallest absolute Gasteiger partial charge is 0.129 e. The number of hydrogen-bond donors (Lipinski definition) is 1. The van der Waals surface area contributed by atoms with Crippen molar-refractivity contribution < 1.29 is 4.39 Å². The Kier molecular flexibility index (Phi) is 7.28. The van der Waals surface area contributed by atoms with Crippen molar-refractivity contribution in [2.45, 2.75) is 45.7 Å². The Balaban J connectivity index is 1.74. The molecule has 27 heavy (non-hydrogen) atoms. The first-order valence-electron chi connectivity index (χ1n) is 9.96. The predicted molar refractivity (Wildman–Crippen MR) is 111 cm³/mol. The third kappa shape index (κ3) is 5.78. The lowest BCUT2D eigenvalue weighted by Gasteiger charge is -2.33. The average molecular weight is 389 g/mol. The SMILES string of the molecule is Cc1cccc(CN(Cc2c(F)cccc2Cl)CC2CCC(CN)CC2)c1. The highest BCUT2D eigenvalue weighted by atomic mass is 35.5. The molecule has 2 N–H and O–H groups in total. The Labute approximate surface area is 167 Å².